The highest BCUT2D eigenvalue weighted by Gasteiger charge is 2.28. The van der Waals surface area contributed by atoms with Gasteiger partial charge in [0.15, 0.2) is 0 Å². The molecule has 6 heteroatoms. The summed E-state index contributed by atoms with van der Waals surface area (Å²) in [4.78, 5) is 19.1. The molecule has 1 fully saturated rings. The molecule has 1 saturated heterocycles. The molecule has 0 aromatic carbocycles. The minimum atomic E-state index is 0.203. The van der Waals surface area contributed by atoms with Gasteiger partial charge in [-0.1, -0.05) is 0 Å². The lowest BCUT2D eigenvalue weighted by molar-refractivity contribution is -0.130. The van der Waals surface area contributed by atoms with Crippen LogP contribution in [0.3, 0.4) is 0 Å². The van der Waals surface area contributed by atoms with Crippen LogP contribution in [0.15, 0.2) is 24.4 Å². The summed E-state index contributed by atoms with van der Waals surface area (Å²) in [7, 11) is 1.92. The van der Waals surface area contributed by atoms with Crippen molar-refractivity contribution in [3.8, 4) is 0 Å². The van der Waals surface area contributed by atoms with Crippen LogP contribution in [-0.2, 0) is 11.3 Å². The summed E-state index contributed by atoms with van der Waals surface area (Å²) >= 11 is 0. The smallest absolute Gasteiger partial charge is 0.224 e. The van der Waals surface area contributed by atoms with Gasteiger partial charge in [-0.25, -0.2) is 0 Å². The van der Waals surface area contributed by atoms with Crippen LogP contribution < -0.4 is 5.32 Å². The van der Waals surface area contributed by atoms with Crippen molar-refractivity contribution in [2.45, 2.75) is 39.2 Å². The maximum atomic E-state index is 12.5. The van der Waals surface area contributed by atoms with Gasteiger partial charge in [0.05, 0.1) is 0 Å². The molecule has 0 aliphatic carbocycles. The van der Waals surface area contributed by atoms with Crippen LogP contribution in [0.4, 0.5) is 5.69 Å². The van der Waals surface area contributed by atoms with Gasteiger partial charge in [-0.05, 0) is 38.5 Å². The van der Waals surface area contributed by atoms with Crippen molar-refractivity contribution in [3.05, 3.63) is 41.5 Å². The van der Waals surface area contributed by atoms with Crippen LogP contribution in [0, 0.1) is 13.8 Å². The Bertz CT molecular complexity index is 724. The van der Waals surface area contributed by atoms with Crippen molar-refractivity contribution in [1.29, 1.82) is 0 Å². The highest BCUT2D eigenvalue weighted by molar-refractivity contribution is 5.76. The number of hydrogen-bond donors (Lipinski definition) is 1. The van der Waals surface area contributed by atoms with Crippen LogP contribution in [0.2, 0.25) is 0 Å². The Morgan fingerprint density at radius 2 is 2.21 bits per heavy atom. The standard InChI is InChI=1S/C18H25N5O/c1-13-10-16(19-3)11-17(21-13)15-5-8-22(12-15)18(24)6-9-23-14(2)4-7-20-23/h4,7,10-11,15H,5-6,8-9,12H2,1-3H3,(H,19,21)/t15-/m1/s1. The van der Waals surface area contributed by atoms with Crippen LogP contribution >= 0.6 is 0 Å². The number of rotatable bonds is 5. The summed E-state index contributed by atoms with van der Waals surface area (Å²) in [5.74, 6) is 0.529. The van der Waals surface area contributed by atoms with E-state index in [1.165, 1.54) is 0 Å². The molecule has 2 aromatic heterocycles. The fourth-order valence-corrected chi connectivity index (χ4v) is 3.27. The van der Waals surface area contributed by atoms with Crippen LogP contribution in [0.1, 0.15) is 35.8 Å². The Morgan fingerprint density at radius 3 is 2.92 bits per heavy atom. The van der Waals surface area contributed by atoms with Gasteiger partial charge in [0.1, 0.15) is 0 Å². The fraction of sp³-hybridized carbons (Fsp3) is 0.500. The first-order valence-corrected chi connectivity index (χ1v) is 8.49. The molecule has 0 saturated carbocycles. The second kappa shape index (κ2) is 7.03. The van der Waals surface area contributed by atoms with E-state index in [-0.39, 0.29) is 5.91 Å². The number of carbonyl (C=O) groups excluding carboxylic acids is 1. The zero-order valence-electron chi connectivity index (χ0n) is 14.6. The number of hydrogen-bond acceptors (Lipinski definition) is 4. The molecule has 1 amide bonds. The first kappa shape index (κ1) is 16.5. The van der Waals surface area contributed by atoms with Gasteiger partial charge in [-0.15, -0.1) is 0 Å². The van der Waals surface area contributed by atoms with Crippen molar-refractivity contribution in [2.24, 2.45) is 0 Å². The summed E-state index contributed by atoms with van der Waals surface area (Å²) in [6.45, 7) is 6.23. The molecule has 0 unspecified atom stereocenters. The van der Waals surface area contributed by atoms with E-state index in [2.05, 4.69) is 21.5 Å². The van der Waals surface area contributed by atoms with E-state index in [1.54, 1.807) is 6.20 Å². The first-order chi connectivity index (χ1) is 11.6. The normalized spacial score (nSPS) is 17.3. The molecular weight excluding hydrogens is 302 g/mol. The van der Waals surface area contributed by atoms with Crippen LogP contribution in [0.5, 0.6) is 0 Å². The number of anilines is 1. The Morgan fingerprint density at radius 1 is 1.38 bits per heavy atom. The molecular formula is C18H25N5O. The monoisotopic (exact) mass is 327 g/mol. The maximum absolute atomic E-state index is 12.5. The highest BCUT2D eigenvalue weighted by atomic mass is 16.2. The van der Waals surface area contributed by atoms with E-state index in [0.29, 0.717) is 18.9 Å². The molecule has 1 N–H and O–H groups in total. The summed E-state index contributed by atoms with van der Waals surface area (Å²) in [6.07, 6.45) is 3.25. The quantitative estimate of drug-likeness (QED) is 0.915. The highest BCUT2D eigenvalue weighted by Crippen LogP contribution is 2.28. The number of carbonyl (C=O) groups is 1. The minimum absolute atomic E-state index is 0.203. The largest absolute Gasteiger partial charge is 0.388 e. The zero-order valence-corrected chi connectivity index (χ0v) is 14.6. The van der Waals surface area contributed by atoms with E-state index >= 15 is 0 Å². The maximum Gasteiger partial charge on any atom is 0.224 e. The van der Waals surface area contributed by atoms with Gasteiger partial charge in [0.2, 0.25) is 5.91 Å². The lowest BCUT2D eigenvalue weighted by atomic mass is 10.0. The zero-order chi connectivity index (χ0) is 17.1. The number of likely N-dealkylation sites (tertiary alicyclic amines) is 1. The number of amides is 1. The average Bonchev–Trinajstić information content (AvgIpc) is 3.21. The summed E-state index contributed by atoms with van der Waals surface area (Å²) in [5, 5.41) is 7.41. The van der Waals surface area contributed by atoms with Crippen molar-refractivity contribution in [1.82, 2.24) is 19.7 Å². The average molecular weight is 327 g/mol. The fourth-order valence-electron chi connectivity index (χ4n) is 3.27. The lowest BCUT2D eigenvalue weighted by Gasteiger charge is -2.17. The summed E-state index contributed by atoms with van der Waals surface area (Å²) in [6, 6.07) is 6.09. The van der Waals surface area contributed by atoms with E-state index < -0.39 is 0 Å². The van der Waals surface area contributed by atoms with Crippen molar-refractivity contribution < 1.29 is 4.79 Å². The Labute approximate surface area is 142 Å². The van der Waals surface area contributed by atoms with Crippen LogP contribution in [-0.4, -0.2) is 45.7 Å². The summed E-state index contributed by atoms with van der Waals surface area (Å²) in [5.41, 5.74) is 4.26. The topological polar surface area (TPSA) is 63.1 Å². The third kappa shape index (κ3) is 3.58. The second-order valence-electron chi connectivity index (χ2n) is 6.44. The molecule has 128 valence electrons. The molecule has 3 heterocycles. The van der Waals surface area contributed by atoms with E-state index in [1.807, 2.05) is 42.6 Å². The molecule has 1 atom stereocenters. The van der Waals surface area contributed by atoms with E-state index in [9.17, 15) is 4.79 Å². The van der Waals surface area contributed by atoms with Crippen molar-refractivity contribution >= 4 is 11.6 Å². The molecule has 2 aromatic rings. The third-order valence-corrected chi connectivity index (χ3v) is 4.69. The van der Waals surface area contributed by atoms with E-state index in [4.69, 9.17) is 0 Å². The molecule has 0 radical (unpaired) electrons. The number of aryl methyl sites for hydroxylation is 3. The molecule has 0 bridgehead atoms. The molecule has 0 spiro atoms. The number of pyridine rings is 1. The van der Waals surface area contributed by atoms with Crippen molar-refractivity contribution in [3.63, 3.8) is 0 Å². The van der Waals surface area contributed by atoms with Gasteiger partial charge in [-0.2, -0.15) is 5.10 Å². The minimum Gasteiger partial charge on any atom is -0.388 e. The van der Waals surface area contributed by atoms with Gasteiger partial charge >= 0.3 is 0 Å². The predicted octanol–water partition coefficient (Wildman–Crippen LogP) is 2.34. The third-order valence-electron chi connectivity index (χ3n) is 4.69. The predicted molar refractivity (Wildman–Crippen MR) is 94.0 cm³/mol. The molecule has 6 nitrogen and oxygen atoms in total. The number of nitrogens with zero attached hydrogens (tertiary/aromatic N) is 4. The lowest BCUT2D eigenvalue weighted by Crippen LogP contribution is -2.29. The first-order valence-electron chi connectivity index (χ1n) is 8.49. The van der Waals surface area contributed by atoms with Gasteiger partial charge < -0.3 is 10.2 Å². The van der Waals surface area contributed by atoms with Crippen LogP contribution in [0.25, 0.3) is 0 Å². The SMILES string of the molecule is CNc1cc(C)nc([C@@H]2CCN(C(=O)CCn3nccc3C)C2)c1. The summed E-state index contributed by atoms with van der Waals surface area (Å²) < 4.78 is 1.88. The van der Waals surface area contributed by atoms with Crippen molar-refractivity contribution in [2.75, 3.05) is 25.5 Å². The molecule has 3 rings (SSSR count). The molecule has 24 heavy (non-hydrogen) atoms. The molecule has 1 aliphatic rings. The van der Waals surface area contributed by atoms with Gasteiger partial charge in [0.25, 0.3) is 0 Å². The second-order valence-corrected chi connectivity index (χ2v) is 6.44. The van der Waals surface area contributed by atoms with E-state index in [0.717, 1.165) is 42.3 Å². The molecule has 1 aliphatic heterocycles. The Kier molecular flexibility index (Phi) is 4.83. The van der Waals surface area contributed by atoms with Gasteiger partial charge in [-0.3, -0.25) is 14.5 Å². The number of nitrogens with one attached hydrogen (secondary N) is 1. The number of aromatic nitrogens is 3. The van der Waals surface area contributed by atoms with Gasteiger partial charge in [0, 0.05) is 68.0 Å². The Hall–Kier alpha value is -2.37. The Balaban J connectivity index is 1.59.